The summed E-state index contributed by atoms with van der Waals surface area (Å²) in [5, 5.41) is 0. The number of rotatable bonds is 60. The molecule has 0 fully saturated rings. The van der Waals surface area contributed by atoms with Crippen LogP contribution in [0.25, 0.3) is 0 Å². The van der Waals surface area contributed by atoms with E-state index in [1.54, 1.807) is 0 Å². The quantitative estimate of drug-likeness (QED) is 0.0261. The van der Waals surface area contributed by atoms with Gasteiger partial charge >= 0.3 is 17.9 Å². The number of ether oxygens (including phenoxy) is 3. The van der Waals surface area contributed by atoms with Crippen LogP contribution in [-0.4, -0.2) is 37.2 Å². The molecule has 0 rings (SSSR count). The van der Waals surface area contributed by atoms with Crippen molar-refractivity contribution in [1.29, 1.82) is 0 Å². The highest BCUT2D eigenvalue weighted by Gasteiger charge is 2.19. The predicted octanol–water partition coefficient (Wildman–Crippen LogP) is 22.3. The third-order valence-electron chi connectivity index (χ3n) is 14.5. The topological polar surface area (TPSA) is 78.9 Å². The van der Waals surface area contributed by atoms with E-state index in [1.807, 2.05) is 0 Å². The van der Waals surface area contributed by atoms with Crippen molar-refractivity contribution in [1.82, 2.24) is 0 Å². The number of allylic oxidation sites excluding steroid dienone is 10. The van der Waals surface area contributed by atoms with Gasteiger partial charge in [0.05, 0.1) is 0 Å². The molecule has 0 aliphatic rings. The molecule has 0 amide bonds. The molecule has 0 saturated heterocycles. The molecular formula is C69H124O6. The molecule has 0 unspecified atom stereocenters. The zero-order valence-electron chi connectivity index (χ0n) is 50.1. The normalized spacial score (nSPS) is 12.4. The summed E-state index contributed by atoms with van der Waals surface area (Å²) < 4.78 is 16.9. The standard InChI is InChI=1S/C69H124O6/c1-4-7-10-13-16-19-22-25-28-31-34-37-40-43-46-49-52-55-58-61-67(70)73-64-66(75-69(72)63-60-57-54-51-48-45-42-39-36-33-30-27-24-21-18-15-12-9-6-3)65-74-68(71)62-59-56-53-50-47-44-41-38-35-32-29-26-23-20-17-14-11-8-5-2/h16,19,25,27-28,30,34,37,43,46,66H,4-15,17-18,20-24,26,29,31-33,35-36,38-42,44-45,47-65H2,1-3H3/b19-16-,28-25-,30-27-,37-34-,46-43-/t66-/m1/s1. The van der Waals surface area contributed by atoms with Crippen LogP contribution in [0.5, 0.6) is 0 Å². The number of carbonyl (C=O) groups excluding carboxylic acids is 3. The van der Waals surface area contributed by atoms with Crippen molar-refractivity contribution in [3.63, 3.8) is 0 Å². The maximum atomic E-state index is 12.9. The highest BCUT2D eigenvalue weighted by Crippen LogP contribution is 2.17. The van der Waals surface area contributed by atoms with Crippen LogP contribution in [-0.2, 0) is 28.6 Å². The van der Waals surface area contributed by atoms with Crippen molar-refractivity contribution < 1.29 is 28.6 Å². The van der Waals surface area contributed by atoms with Gasteiger partial charge in [-0.3, -0.25) is 14.4 Å². The van der Waals surface area contributed by atoms with E-state index in [0.717, 1.165) is 83.5 Å². The molecule has 0 heterocycles. The van der Waals surface area contributed by atoms with E-state index in [1.165, 1.54) is 218 Å². The van der Waals surface area contributed by atoms with Gasteiger partial charge in [0, 0.05) is 19.3 Å². The summed E-state index contributed by atoms with van der Waals surface area (Å²) in [6.07, 6.45) is 80.8. The molecule has 1 atom stereocenters. The minimum atomic E-state index is -0.788. The third kappa shape index (κ3) is 61.8. The number of unbranched alkanes of at least 4 members (excludes halogenated alkanes) is 39. The first-order valence-electron chi connectivity index (χ1n) is 32.8. The van der Waals surface area contributed by atoms with Crippen molar-refractivity contribution in [2.45, 2.75) is 348 Å². The lowest BCUT2D eigenvalue weighted by Gasteiger charge is -2.18. The van der Waals surface area contributed by atoms with Gasteiger partial charge in [-0.25, -0.2) is 0 Å². The maximum Gasteiger partial charge on any atom is 0.306 e. The fraction of sp³-hybridized carbons (Fsp3) is 0.812. The maximum absolute atomic E-state index is 12.9. The van der Waals surface area contributed by atoms with Crippen molar-refractivity contribution in [2.24, 2.45) is 0 Å². The number of hydrogen-bond acceptors (Lipinski definition) is 6. The van der Waals surface area contributed by atoms with E-state index < -0.39 is 6.10 Å². The molecule has 0 aliphatic heterocycles. The van der Waals surface area contributed by atoms with E-state index >= 15 is 0 Å². The van der Waals surface area contributed by atoms with Crippen LogP contribution in [0.2, 0.25) is 0 Å². The zero-order chi connectivity index (χ0) is 54.3. The molecule has 0 saturated carbocycles. The fourth-order valence-electron chi connectivity index (χ4n) is 9.54. The Morgan fingerprint density at radius 2 is 0.480 bits per heavy atom. The summed E-state index contributed by atoms with van der Waals surface area (Å²) in [4.78, 5) is 38.4. The predicted molar refractivity (Wildman–Crippen MR) is 325 cm³/mol. The Balaban J connectivity index is 4.40. The fourth-order valence-corrected chi connectivity index (χ4v) is 9.54. The van der Waals surface area contributed by atoms with Crippen LogP contribution in [0.4, 0.5) is 0 Å². The molecule has 0 aliphatic carbocycles. The molecule has 6 nitrogen and oxygen atoms in total. The lowest BCUT2D eigenvalue weighted by molar-refractivity contribution is -0.167. The van der Waals surface area contributed by atoms with Gasteiger partial charge in [-0.1, -0.05) is 293 Å². The van der Waals surface area contributed by atoms with Gasteiger partial charge in [-0.05, 0) is 89.9 Å². The molecular weight excluding hydrogens is 925 g/mol. The van der Waals surface area contributed by atoms with Gasteiger partial charge < -0.3 is 14.2 Å². The molecule has 0 aromatic carbocycles. The molecule has 0 aromatic rings. The zero-order valence-corrected chi connectivity index (χ0v) is 50.1. The summed E-state index contributed by atoms with van der Waals surface area (Å²) in [6, 6.07) is 0. The first kappa shape index (κ1) is 72.1. The first-order valence-corrected chi connectivity index (χ1v) is 32.8. The Morgan fingerprint density at radius 3 is 0.800 bits per heavy atom. The highest BCUT2D eigenvalue weighted by atomic mass is 16.6. The second kappa shape index (κ2) is 63.6. The Morgan fingerprint density at radius 1 is 0.267 bits per heavy atom. The smallest absolute Gasteiger partial charge is 0.306 e. The Labute approximate surface area is 466 Å². The SMILES string of the molecule is CCCCC/C=C\C/C=C\C/C=C\C/C=C\CCCCCC(=O)OC[C@H](COC(=O)CCCCCCCCCCCCCCCCCCCCC)OC(=O)CCCCCCCCCCC/C=C\CCCCCCCC. The number of hydrogen-bond donors (Lipinski definition) is 0. The summed E-state index contributed by atoms with van der Waals surface area (Å²) >= 11 is 0. The first-order chi connectivity index (χ1) is 37.0. The molecule has 6 heteroatoms. The molecule has 0 spiro atoms. The summed E-state index contributed by atoms with van der Waals surface area (Å²) in [5.41, 5.74) is 0. The third-order valence-corrected chi connectivity index (χ3v) is 14.5. The van der Waals surface area contributed by atoms with Gasteiger partial charge in [0.25, 0.3) is 0 Å². The summed E-state index contributed by atoms with van der Waals surface area (Å²) in [5.74, 6) is -0.896. The van der Waals surface area contributed by atoms with Gasteiger partial charge in [0.15, 0.2) is 6.10 Å². The highest BCUT2D eigenvalue weighted by molar-refractivity contribution is 5.71. The van der Waals surface area contributed by atoms with Crippen LogP contribution in [0.15, 0.2) is 60.8 Å². The van der Waals surface area contributed by atoms with E-state index in [2.05, 4.69) is 81.5 Å². The van der Waals surface area contributed by atoms with Gasteiger partial charge in [0.2, 0.25) is 0 Å². The van der Waals surface area contributed by atoms with Crippen molar-refractivity contribution in [2.75, 3.05) is 13.2 Å². The summed E-state index contributed by atoms with van der Waals surface area (Å²) in [7, 11) is 0. The van der Waals surface area contributed by atoms with Gasteiger partial charge in [-0.2, -0.15) is 0 Å². The van der Waals surface area contributed by atoms with Crippen LogP contribution in [0.3, 0.4) is 0 Å². The van der Waals surface area contributed by atoms with E-state index in [0.29, 0.717) is 19.3 Å². The molecule has 0 N–H and O–H groups in total. The van der Waals surface area contributed by atoms with Crippen LogP contribution < -0.4 is 0 Å². The molecule has 0 bridgehead atoms. The average Bonchev–Trinajstić information content (AvgIpc) is 3.41. The number of carbonyl (C=O) groups is 3. The minimum Gasteiger partial charge on any atom is -0.462 e. The minimum absolute atomic E-state index is 0.0818. The van der Waals surface area contributed by atoms with Crippen molar-refractivity contribution in [3.8, 4) is 0 Å². The second-order valence-electron chi connectivity index (χ2n) is 22.0. The van der Waals surface area contributed by atoms with E-state index in [9.17, 15) is 14.4 Å². The van der Waals surface area contributed by atoms with Crippen LogP contribution in [0, 0.1) is 0 Å². The number of esters is 3. The lowest BCUT2D eigenvalue weighted by Crippen LogP contribution is -2.30. The summed E-state index contributed by atoms with van der Waals surface area (Å²) in [6.45, 7) is 6.63. The lowest BCUT2D eigenvalue weighted by atomic mass is 10.0. The molecule has 0 radical (unpaired) electrons. The Bertz CT molecular complexity index is 1340. The van der Waals surface area contributed by atoms with Crippen LogP contribution >= 0.6 is 0 Å². The van der Waals surface area contributed by atoms with Gasteiger partial charge in [-0.15, -0.1) is 0 Å². The van der Waals surface area contributed by atoms with Crippen molar-refractivity contribution in [3.05, 3.63) is 60.8 Å². The molecule has 75 heavy (non-hydrogen) atoms. The van der Waals surface area contributed by atoms with Gasteiger partial charge in [0.1, 0.15) is 13.2 Å². The van der Waals surface area contributed by atoms with Crippen LogP contribution in [0.1, 0.15) is 342 Å². The average molecular weight is 1050 g/mol. The Kier molecular flexibility index (Phi) is 61.2. The van der Waals surface area contributed by atoms with Crippen molar-refractivity contribution >= 4 is 17.9 Å². The monoisotopic (exact) mass is 1050 g/mol. The van der Waals surface area contributed by atoms with E-state index in [-0.39, 0.29) is 31.1 Å². The van der Waals surface area contributed by atoms with E-state index in [4.69, 9.17) is 14.2 Å². The largest absolute Gasteiger partial charge is 0.462 e. The molecule has 436 valence electrons. The second-order valence-corrected chi connectivity index (χ2v) is 22.0. The Hall–Kier alpha value is -2.89. The molecule has 0 aromatic heterocycles.